The first kappa shape index (κ1) is 19.5. The molecule has 3 aromatic rings. The van der Waals surface area contributed by atoms with Crippen molar-refractivity contribution >= 4 is 17.2 Å². The number of ether oxygens (including phenoxy) is 1. The summed E-state index contributed by atoms with van der Waals surface area (Å²) in [6, 6.07) is 8.83. The molecule has 0 saturated carbocycles. The van der Waals surface area contributed by atoms with Crippen molar-refractivity contribution in [3.05, 3.63) is 58.3 Å². The molecule has 0 aliphatic carbocycles. The summed E-state index contributed by atoms with van der Waals surface area (Å²) in [6.45, 7) is 7.40. The van der Waals surface area contributed by atoms with Gasteiger partial charge in [0.05, 0.1) is 5.69 Å². The highest BCUT2D eigenvalue weighted by atomic mass is 16.5. The van der Waals surface area contributed by atoms with Crippen molar-refractivity contribution in [3.63, 3.8) is 0 Å². The largest absolute Gasteiger partial charge is 0.474 e. The Kier molecular flexibility index (Phi) is 4.73. The number of fused-ring (bicyclic) bond motifs is 3. The minimum atomic E-state index is 0.647. The molecule has 32 heavy (non-hydrogen) atoms. The van der Waals surface area contributed by atoms with E-state index in [2.05, 4.69) is 64.1 Å². The van der Waals surface area contributed by atoms with Gasteiger partial charge in [0.15, 0.2) is 0 Å². The van der Waals surface area contributed by atoms with Gasteiger partial charge in [-0.2, -0.15) is 0 Å². The summed E-state index contributed by atoms with van der Waals surface area (Å²) in [5.41, 5.74) is 10.7. The van der Waals surface area contributed by atoms with Gasteiger partial charge >= 0.3 is 0 Å². The average Bonchev–Trinajstić information content (AvgIpc) is 3.18. The minimum absolute atomic E-state index is 0.647. The maximum Gasteiger partial charge on any atom is 0.237 e. The number of aromatic nitrogens is 2. The molecule has 5 heterocycles. The molecular formula is C25H28N6O. The van der Waals surface area contributed by atoms with Gasteiger partial charge in [-0.1, -0.05) is 6.07 Å². The van der Waals surface area contributed by atoms with Crippen LogP contribution in [0, 0.1) is 6.92 Å². The predicted octanol–water partition coefficient (Wildman–Crippen LogP) is 3.59. The van der Waals surface area contributed by atoms with Crippen molar-refractivity contribution in [3.8, 4) is 17.1 Å². The van der Waals surface area contributed by atoms with Gasteiger partial charge in [0.1, 0.15) is 18.1 Å². The molecule has 7 nitrogen and oxygen atoms in total. The van der Waals surface area contributed by atoms with Crippen LogP contribution in [0.4, 0.5) is 17.2 Å². The summed E-state index contributed by atoms with van der Waals surface area (Å²) in [6.07, 6.45) is 2.88. The number of nitrogens with one attached hydrogen (secondary N) is 3. The molecule has 7 heteroatoms. The first-order valence-electron chi connectivity index (χ1n) is 11.3. The lowest BCUT2D eigenvalue weighted by Gasteiger charge is -2.25. The van der Waals surface area contributed by atoms with Crippen molar-refractivity contribution in [2.45, 2.75) is 33.0 Å². The molecule has 1 aromatic carbocycles. The Bertz CT molecular complexity index is 1210. The van der Waals surface area contributed by atoms with E-state index in [0.717, 1.165) is 73.2 Å². The normalized spacial score (nSPS) is 17.1. The number of benzene rings is 1. The first-order chi connectivity index (χ1) is 15.7. The summed E-state index contributed by atoms with van der Waals surface area (Å²) in [5.74, 6) is 1.56. The highest BCUT2D eigenvalue weighted by molar-refractivity contribution is 5.78. The fraction of sp³-hybridized carbons (Fsp3) is 0.360. The molecule has 0 unspecified atom stereocenters. The van der Waals surface area contributed by atoms with E-state index in [-0.39, 0.29) is 0 Å². The standard InChI is InChI=1S/C25H28N6O/c1-15-21(12-28-25-23(15)27-7-8-32-25)24-20-5-6-26-11-17(20)10-22(30-24)29-19-4-3-16-13-31(2)14-18(16)9-19/h3-4,9-10,12,26-27H,5-8,11,13-14H2,1-2H3,(H,29,30). The minimum Gasteiger partial charge on any atom is -0.474 e. The first-order valence-corrected chi connectivity index (χ1v) is 11.3. The van der Waals surface area contributed by atoms with Gasteiger partial charge in [-0.05, 0) is 73.0 Å². The lowest BCUT2D eigenvalue weighted by atomic mass is 9.94. The number of nitrogens with zero attached hydrogens (tertiary/aromatic N) is 3. The summed E-state index contributed by atoms with van der Waals surface area (Å²) >= 11 is 0. The molecular weight excluding hydrogens is 400 g/mol. The zero-order chi connectivity index (χ0) is 21.7. The van der Waals surface area contributed by atoms with Gasteiger partial charge in [-0.25, -0.2) is 9.97 Å². The Morgan fingerprint density at radius 3 is 2.94 bits per heavy atom. The van der Waals surface area contributed by atoms with Gasteiger partial charge in [0, 0.05) is 43.6 Å². The van der Waals surface area contributed by atoms with Crippen LogP contribution in [-0.4, -0.2) is 41.6 Å². The number of hydrogen-bond acceptors (Lipinski definition) is 7. The third-order valence-electron chi connectivity index (χ3n) is 6.64. The fourth-order valence-corrected chi connectivity index (χ4v) is 5.03. The highest BCUT2D eigenvalue weighted by Crippen LogP contribution is 2.38. The molecule has 0 amide bonds. The summed E-state index contributed by atoms with van der Waals surface area (Å²) < 4.78 is 5.73. The third kappa shape index (κ3) is 3.38. The van der Waals surface area contributed by atoms with E-state index < -0.39 is 0 Å². The molecule has 0 bridgehead atoms. The molecule has 164 valence electrons. The van der Waals surface area contributed by atoms with E-state index in [0.29, 0.717) is 12.5 Å². The van der Waals surface area contributed by atoms with Gasteiger partial charge in [-0.3, -0.25) is 4.90 Å². The lowest BCUT2D eigenvalue weighted by Crippen LogP contribution is -2.25. The zero-order valence-corrected chi connectivity index (χ0v) is 18.6. The van der Waals surface area contributed by atoms with Crippen LogP contribution in [0.3, 0.4) is 0 Å². The van der Waals surface area contributed by atoms with Crippen molar-refractivity contribution in [2.75, 3.05) is 37.4 Å². The summed E-state index contributed by atoms with van der Waals surface area (Å²) in [5, 5.41) is 10.5. The van der Waals surface area contributed by atoms with Crippen LogP contribution in [-0.2, 0) is 26.1 Å². The second-order valence-corrected chi connectivity index (χ2v) is 8.95. The smallest absolute Gasteiger partial charge is 0.237 e. The fourth-order valence-electron chi connectivity index (χ4n) is 5.03. The molecule has 3 aliphatic rings. The Balaban J connectivity index is 1.41. The lowest BCUT2D eigenvalue weighted by molar-refractivity contribution is 0.310. The van der Waals surface area contributed by atoms with Crippen LogP contribution in [0.1, 0.15) is 27.8 Å². The molecule has 0 atom stereocenters. The molecule has 0 spiro atoms. The van der Waals surface area contributed by atoms with E-state index in [4.69, 9.17) is 9.72 Å². The van der Waals surface area contributed by atoms with Crippen LogP contribution in [0.15, 0.2) is 30.5 Å². The van der Waals surface area contributed by atoms with Crippen molar-refractivity contribution in [2.24, 2.45) is 0 Å². The topological polar surface area (TPSA) is 74.3 Å². The van der Waals surface area contributed by atoms with Crippen molar-refractivity contribution in [1.29, 1.82) is 0 Å². The number of rotatable bonds is 3. The van der Waals surface area contributed by atoms with Gasteiger partial charge in [-0.15, -0.1) is 0 Å². The van der Waals surface area contributed by atoms with Crippen molar-refractivity contribution in [1.82, 2.24) is 20.2 Å². The van der Waals surface area contributed by atoms with E-state index >= 15 is 0 Å². The van der Waals surface area contributed by atoms with E-state index in [9.17, 15) is 0 Å². The van der Waals surface area contributed by atoms with Gasteiger partial charge < -0.3 is 20.7 Å². The van der Waals surface area contributed by atoms with Gasteiger partial charge in [0.25, 0.3) is 0 Å². The van der Waals surface area contributed by atoms with Crippen LogP contribution in [0.25, 0.3) is 11.3 Å². The monoisotopic (exact) mass is 428 g/mol. The third-order valence-corrected chi connectivity index (χ3v) is 6.64. The Morgan fingerprint density at radius 2 is 2.00 bits per heavy atom. The van der Waals surface area contributed by atoms with E-state index in [1.165, 1.54) is 22.3 Å². The molecule has 6 rings (SSSR count). The molecule has 0 saturated heterocycles. The Hall–Kier alpha value is -3.16. The zero-order valence-electron chi connectivity index (χ0n) is 18.6. The maximum absolute atomic E-state index is 5.73. The maximum atomic E-state index is 5.73. The molecule has 3 N–H and O–H groups in total. The number of hydrogen-bond donors (Lipinski definition) is 3. The van der Waals surface area contributed by atoms with Crippen molar-refractivity contribution < 1.29 is 4.74 Å². The molecule has 0 radical (unpaired) electrons. The van der Waals surface area contributed by atoms with E-state index in [1.807, 2.05) is 6.20 Å². The molecule has 0 fully saturated rings. The molecule has 2 aromatic heterocycles. The van der Waals surface area contributed by atoms with Crippen LogP contribution in [0.2, 0.25) is 0 Å². The molecule has 3 aliphatic heterocycles. The summed E-state index contributed by atoms with van der Waals surface area (Å²) in [7, 11) is 2.16. The summed E-state index contributed by atoms with van der Waals surface area (Å²) in [4.78, 5) is 12.0. The highest BCUT2D eigenvalue weighted by Gasteiger charge is 2.23. The number of anilines is 3. The van der Waals surface area contributed by atoms with Gasteiger partial charge in [0.2, 0.25) is 5.88 Å². The van der Waals surface area contributed by atoms with Crippen LogP contribution < -0.4 is 20.7 Å². The Morgan fingerprint density at radius 1 is 1.09 bits per heavy atom. The second-order valence-electron chi connectivity index (χ2n) is 8.95. The number of pyridine rings is 2. The van der Waals surface area contributed by atoms with Crippen LogP contribution in [0.5, 0.6) is 5.88 Å². The Labute approximate surface area is 188 Å². The van der Waals surface area contributed by atoms with Crippen LogP contribution >= 0.6 is 0 Å². The second kappa shape index (κ2) is 7.76. The average molecular weight is 429 g/mol. The quantitative estimate of drug-likeness (QED) is 0.589. The predicted molar refractivity (Wildman–Crippen MR) is 126 cm³/mol. The van der Waals surface area contributed by atoms with E-state index in [1.54, 1.807) is 0 Å². The SMILES string of the molecule is Cc1c(-c2nc(Nc3ccc4c(c3)CN(C)C4)cc3c2CCNC3)cnc2c1NCCO2.